The second-order valence-corrected chi connectivity index (χ2v) is 4.59. The van der Waals surface area contributed by atoms with Crippen molar-refractivity contribution >= 4 is 0 Å². The number of hydrogen-bond donors (Lipinski definition) is 1. The van der Waals surface area contributed by atoms with Gasteiger partial charge in [0.25, 0.3) is 0 Å². The molecule has 5 nitrogen and oxygen atoms in total. The van der Waals surface area contributed by atoms with E-state index in [1.165, 1.54) is 0 Å². The molecular formula is C14H17N3O2. The predicted molar refractivity (Wildman–Crippen MR) is 71.6 cm³/mol. The number of aromatic nitrogens is 2. The molecule has 1 aromatic carbocycles. The van der Waals surface area contributed by atoms with Crippen molar-refractivity contribution in [2.75, 3.05) is 19.8 Å². The van der Waals surface area contributed by atoms with Crippen molar-refractivity contribution < 1.29 is 9.47 Å². The highest BCUT2D eigenvalue weighted by Crippen LogP contribution is 2.33. The summed E-state index contributed by atoms with van der Waals surface area (Å²) in [7, 11) is 0. The van der Waals surface area contributed by atoms with Crippen molar-refractivity contribution in [2.24, 2.45) is 5.73 Å². The molecule has 0 radical (unpaired) electrons. The summed E-state index contributed by atoms with van der Waals surface area (Å²) >= 11 is 0. The quantitative estimate of drug-likeness (QED) is 0.907. The molecule has 19 heavy (non-hydrogen) atoms. The van der Waals surface area contributed by atoms with Crippen LogP contribution in [0.2, 0.25) is 0 Å². The lowest BCUT2D eigenvalue weighted by atomic mass is 10.1. The molecule has 1 aliphatic rings. The fourth-order valence-corrected chi connectivity index (χ4v) is 2.27. The third-order valence-corrected chi connectivity index (χ3v) is 3.24. The molecule has 5 heteroatoms. The number of aryl methyl sites for hydroxylation is 1. The fourth-order valence-electron chi connectivity index (χ4n) is 2.27. The average Bonchev–Trinajstić information content (AvgIpc) is 2.86. The standard InChI is InChI=1S/C14H17N3O2/c1-10-4-5-17(16-10)12(9-15)11-2-3-13-14(8-11)19-7-6-18-13/h2-5,8,12H,6-7,9,15H2,1H3. The summed E-state index contributed by atoms with van der Waals surface area (Å²) in [5.41, 5.74) is 7.95. The molecule has 3 rings (SSSR count). The summed E-state index contributed by atoms with van der Waals surface area (Å²) in [5.74, 6) is 1.58. The normalized spacial score (nSPS) is 15.3. The van der Waals surface area contributed by atoms with E-state index >= 15 is 0 Å². The highest BCUT2D eigenvalue weighted by Gasteiger charge is 2.17. The lowest BCUT2D eigenvalue weighted by Crippen LogP contribution is -2.22. The number of fused-ring (bicyclic) bond motifs is 1. The molecule has 0 bridgehead atoms. The minimum absolute atomic E-state index is 0.0181. The Morgan fingerprint density at radius 2 is 2.05 bits per heavy atom. The van der Waals surface area contributed by atoms with Gasteiger partial charge in [-0.3, -0.25) is 4.68 Å². The van der Waals surface area contributed by atoms with Crippen LogP contribution in [0.4, 0.5) is 0 Å². The van der Waals surface area contributed by atoms with E-state index in [1.807, 2.05) is 42.1 Å². The zero-order valence-corrected chi connectivity index (χ0v) is 10.9. The van der Waals surface area contributed by atoms with Crippen molar-refractivity contribution in [3.8, 4) is 11.5 Å². The molecule has 0 aliphatic carbocycles. The Hall–Kier alpha value is -2.01. The van der Waals surface area contributed by atoms with Gasteiger partial charge in [-0.1, -0.05) is 6.07 Å². The van der Waals surface area contributed by atoms with Gasteiger partial charge in [0.2, 0.25) is 0 Å². The smallest absolute Gasteiger partial charge is 0.161 e. The van der Waals surface area contributed by atoms with Gasteiger partial charge in [-0.2, -0.15) is 5.10 Å². The predicted octanol–water partition coefficient (Wildman–Crippen LogP) is 1.51. The Morgan fingerprint density at radius 3 is 2.74 bits per heavy atom. The van der Waals surface area contributed by atoms with Gasteiger partial charge < -0.3 is 15.2 Å². The van der Waals surface area contributed by atoms with Gasteiger partial charge in [0.15, 0.2) is 11.5 Å². The van der Waals surface area contributed by atoms with Gasteiger partial charge in [-0.15, -0.1) is 0 Å². The van der Waals surface area contributed by atoms with Crippen molar-refractivity contribution in [3.63, 3.8) is 0 Å². The molecular weight excluding hydrogens is 242 g/mol. The van der Waals surface area contributed by atoms with Crippen molar-refractivity contribution in [2.45, 2.75) is 13.0 Å². The van der Waals surface area contributed by atoms with Crippen molar-refractivity contribution in [1.29, 1.82) is 0 Å². The summed E-state index contributed by atoms with van der Waals surface area (Å²) in [4.78, 5) is 0. The molecule has 2 aromatic rings. The van der Waals surface area contributed by atoms with Gasteiger partial charge in [0.05, 0.1) is 11.7 Å². The van der Waals surface area contributed by atoms with E-state index < -0.39 is 0 Å². The Labute approximate surface area is 111 Å². The van der Waals surface area contributed by atoms with E-state index in [0.717, 1.165) is 22.8 Å². The summed E-state index contributed by atoms with van der Waals surface area (Å²) in [5, 5.41) is 4.43. The SMILES string of the molecule is Cc1ccn(C(CN)c2ccc3c(c2)OCCO3)n1. The van der Waals surface area contributed by atoms with Gasteiger partial charge in [-0.25, -0.2) is 0 Å². The first-order valence-electron chi connectivity index (χ1n) is 6.39. The Bertz CT molecular complexity index is 580. The maximum Gasteiger partial charge on any atom is 0.161 e. The van der Waals surface area contributed by atoms with Crippen LogP contribution in [0.1, 0.15) is 17.3 Å². The zero-order valence-electron chi connectivity index (χ0n) is 10.9. The van der Waals surface area contributed by atoms with Gasteiger partial charge in [0, 0.05) is 12.7 Å². The van der Waals surface area contributed by atoms with E-state index in [0.29, 0.717) is 19.8 Å². The first-order chi connectivity index (χ1) is 9.28. The molecule has 1 unspecified atom stereocenters. The van der Waals surface area contributed by atoms with Crippen molar-refractivity contribution in [1.82, 2.24) is 9.78 Å². The summed E-state index contributed by atoms with van der Waals surface area (Å²) < 4.78 is 13.0. The monoisotopic (exact) mass is 259 g/mol. The van der Waals surface area contributed by atoms with Crippen molar-refractivity contribution in [3.05, 3.63) is 41.7 Å². The fraction of sp³-hybridized carbons (Fsp3) is 0.357. The Kier molecular flexibility index (Phi) is 3.13. The molecule has 0 saturated heterocycles. The largest absolute Gasteiger partial charge is 0.486 e. The molecule has 0 saturated carbocycles. The van der Waals surface area contributed by atoms with Gasteiger partial charge >= 0.3 is 0 Å². The zero-order chi connectivity index (χ0) is 13.2. The second-order valence-electron chi connectivity index (χ2n) is 4.59. The first kappa shape index (κ1) is 12.0. The van der Waals surface area contributed by atoms with E-state index in [4.69, 9.17) is 15.2 Å². The van der Waals surface area contributed by atoms with Crippen LogP contribution in [0.3, 0.4) is 0 Å². The van der Waals surface area contributed by atoms with Crippen LogP contribution in [0.15, 0.2) is 30.5 Å². The van der Waals surface area contributed by atoms with Crippen LogP contribution >= 0.6 is 0 Å². The second kappa shape index (κ2) is 4.93. The van der Waals surface area contributed by atoms with E-state index in [9.17, 15) is 0 Å². The van der Waals surface area contributed by atoms with Crippen LogP contribution in [0.25, 0.3) is 0 Å². The third-order valence-electron chi connectivity index (χ3n) is 3.24. The molecule has 0 fully saturated rings. The molecule has 0 amide bonds. The average molecular weight is 259 g/mol. The lowest BCUT2D eigenvalue weighted by molar-refractivity contribution is 0.171. The number of nitrogens with two attached hydrogens (primary N) is 1. The van der Waals surface area contributed by atoms with Gasteiger partial charge in [-0.05, 0) is 30.7 Å². The molecule has 100 valence electrons. The highest BCUT2D eigenvalue weighted by molar-refractivity contribution is 5.44. The number of benzene rings is 1. The van der Waals surface area contributed by atoms with Crippen LogP contribution < -0.4 is 15.2 Å². The summed E-state index contributed by atoms with van der Waals surface area (Å²) in [6, 6.07) is 7.93. The first-order valence-corrected chi connectivity index (χ1v) is 6.39. The van der Waals surface area contributed by atoms with Crippen LogP contribution in [-0.4, -0.2) is 29.5 Å². The maximum absolute atomic E-state index is 5.89. The molecule has 2 heterocycles. The van der Waals surface area contributed by atoms with Crippen LogP contribution in [-0.2, 0) is 0 Å². The maximum atomic E-state index is 5.89. The van der Waals surface area contributed by atoms with Crippen LogP contribution in [0, 0.1) is 6.92 Å². The number of hydrogen-bond acceptors (Lipinski definition) is 4. The van der Waals surface area contributed by atoms with E-state index in [1.54, 1.807) is 0 Å². The Balaban J connectivity index is 1.95. The highest BCUT2D eigenvalue weighted by atomic mass is 16.6. The summed E-state index contributed by atoms with van der Waals surface area (Å²) in [6.45, 7) is 3.64. The summed E-state index contributed by atoms with van der Waals surface area (Å²) in [6.07, 6.45) is 1.95. The minimum atomic E-state index is 0.0181. The lowest BCUT2D eigenvalue weighted by Gasteiger charge is -2.21. The van der Waals surface area contributed by atoms with E-state index in [-0.39, 0.29) is 6.04 Å². The number of ether oxygens (including phenoxy) is 2. The topological polar surface area (TPSA) is 62.3 Å². The molecule has 0 spiro atoms. The molecule has 2 N–H and O–H groups in total. The van der Waals surface area contributed by atoms with E-state index in [2.05, 4.69) is 5.10 Å². The molecule has 1 aliphatic heterocycles. The van der Waals surface area contributed by atoms with Gasteiger partial charge in [0.1, 0.15) is 13.2 Å². The number of nitrogens with zero attached hydrogens (tertiary/aromatic N) is 2. The number of rotatable bonds is 3. The third kappa shape index (κ3) is 2.29. The van der Waals surface area contributed by atoms with Crippen LogP contribution in [0.5, 0.6) is 11.5 Å². The Morgan fingerprint density at radius 1 is 1.26 bits per heavy atom. The molecule has 1 aromatic heterocycles. The molecule has 1 atom stereocenters. The minimum Gasteiger partial charge on any atom is -0.486 e.